The van der Waals surface area contributed by atoms with Gasteiger partial charge in [-0.2, -0.15) is 11.8 Å². The van der Waals surface area contributed by atoms with Crippen molar-refractivity contribution < 1.29 is 79.2 Å². The van der Waals surface area contributed by atoms with Crippen LogP contribution in [0.3, 0.4) is 0 Å². The second kappa shape index (κ2) is 52.1. The van der Waals surface area contributed by atoms with Gasteiger partial charge < -0.3 is 98.2 Å². The third-order valence-corrected chi connectivity index (χ3v) is 7.53. The number of carbonyl (C=O) groups is 8. The van der Waals surface area contributed by atoms with Gasteiger partial charge in [0.05, 0.1) is 13.1 Å². The average molecular weight is 943 g/mol. The van der Waals surface area contributed by atoms with Gasteiger partial charge in [-0.3, -0.25) is 38.4 Å². The maximum atomic E-state index is 10.1. The molecule has 0 fully saturated rings. The first-order valence-electron chi connectivity index (χ1n) is 19.4. The van der Waals surface area contributed by atoms with Crippen LogP contribution in [0.15, 0.2) is 0 Å². The third kappa shape index (κ3) is 72.5. The first-order valence-corrected chi connectivity index (χ1v) is 20.8. The lowest BCUT2D eigenvalue weighted by atomic mass is 10.1. The fourth-order valence-corrected chi connectivity index (χ4v) is 2.98. The Balaban J connectivity index is -0.0000000924. The fourth-order valence-electron chi connectivity index (χ4n) is 2.49. The summed E-state index contributed by atoms with van der Waals surface area (Å²) in [6.07, 6.45) is 6.81. The van der Waals surface area contributed by atoms with Gasteiger partial charge in [-0.1, -0.05) is 54.4 Å². The van der Waals surface area contributed by atoms with E-state index < -0.39 is 84.0 Å². The number of carboxylic acids is 8. The predicted molar refractivity (Wildman–Crippen MR) is 240 cm³/mol. The third-order valence-electron chi connectivity index (χ3n) is 6.88. The highest BCUT2D eigenvalue weighted by atomic mass is 32.2. The number of unbranched alkanes of at least 4 members (excludes halogenated alkanes) is 2. The van der Waals surface area contributed by atoms with E-state index in [1.807, 2.05) is 6.26 Å². The number of hydrogen-bond donors (Lipinski definition) is 18. The number of thioether (sulfide) groups is 1. The molecule has 26 nitrogen and oxygen atoms in total. The zero-order valence-corrected chi connectivity index (χ0v) is 38.5. The molecule has 27 heteroatoms. The van der Waals surface area contributed by atoms with E-state index >= 15 is 0 Å². The van der Waals surface area contributed by atoms with E-state index in [4.69, 9.17) is 86.7 Å². The molecule has 0 amide bonds. The molecule has 0 aliphatic heterocycles. The largest absolute Gasteiger partial charge is 0.480 e. The van der Waals surface area contributed by atoms with Crippen LogP contribution in [0, 0.1) is 17.8 Å². The van der Waals surface area contributed by atoms with Crippen molar-refractivity contribution >= 4 is 59.5 Å². The molecule has 0 aromatic rings. The van der Waals surface area contributed by atoms with Crippen LogP contribution in [0.25, 0.3) is 0 Å². The van der Waals surface area contributed by atoms with Crippen molar-refractivity contribution in [3.63, 3.8) is 0 Å². The summed E-state index contributed by atoms with van der Waals surface area (Å²) in [7, 11) is 0. The van der Waals surface area contributed by atoms with Crippen LogP contribution in [0.1, 0.15) is 86.5 Å². The molecule has 378 valence electrons. The van der Waals surface area contributed by atoms with Crippen LogP contribution in [0.4, 0.5) is 0 Å². The molecule has 0 aliphatic rings. The van der Waals surface area contributed by atoms with E-state index in [1.165, 1.54) is 0 Å². The van der Waals surface area contributed by atoms with E-state index in [2.05, 4.69) is 11.5 Å². The molecule has 0 rings (SSSR count). The molecule has 0 radical (unpaired) electrons. The topological polar surface area (TPSA) is 559 Å². The van der Waals surface area contributed by atoms with Crippen LogP contribution in [-0.2, 0) is 38.4 Å². The molecule has 28 N–H and O–H groups in total. The second-order valence-corrected chi connectivity index (χ2v) is 14.7. The predicted octanol–water partition coefficient (Wildman–Crippen LogP) is -2.57. The SMILES string of the molecule is CC(C)[C@H](N)C(=O)O.CC(C)[C@H](N)C(=O)O.CC(C)[C@H](N)C(=O)O.CSCC[C@H](N)C(=O)O.NCC(=O)O.NCC(=O)O.NCCCC[C@H](N)C(=O)O.NCCCC[C@H](N)C(=O)O. The van der Waals surface area contributed by atoms with Crippen molar-refractivity contribution in [2.45, 2.75) is 123 Å². The lowest BCUT2D eigenvalue weighted by molar-refractivity contribution is -0.140. The van der Waals surface area contributed by atoms with Crippen LogP contribution in [-0.4, -0.2) is 163 Å². The van der Waals surface area contributed by atoms with E-state index in [1.54, 1.807) is 53.3 Å². The fraction of sp³-hybridized carbons (Fsp3) is 0.778. The lowest BCUT2D eigenvalue weighted by Crippen LogP contribution is -2.34. The summed E-state index contributed by atoms with van der Waals surface area (Å²) in [6, 6.07) is -4.25. The normalized spacial score (nSPS) is 12.5. The van der Waals surface area contributed by atoms with Gasteiger partial charge in [-0.25, -0.2) is 0 Å². The lowest BCUT2D eigenvalue weighted by Gasteiger charge is -2.07. The molecule has 6 atom stereocenters. The Morgan fingerprint density at radius 2 is 0.603 bits per heavy atom. The van der Waals surface area contributed by atoms with Crippen molar-refractivity contribution in [2.24, 2.45) is 75.1 Å². The summed E-state index contributed by atoms with van der Waals surface area (Å²) >= 11 is 1.60. The van der Waals surface area contributed by atoms with Crippen molar-refractivity contribution in [1.29, 1.82) is 0 Å². The van der Waals surface area contributed by atoms with Crippen molar-refractivity contribution in [1.82, 2.24) is 0 Å². The zero-order chi connectivity index (χ0) is 52.0. The Morgan fingerprint density at radius 3 is 0.714 bits per heavy atom. The minimum atomic E-state index is -0.968. The van der Waals surface area contributed by atoms with Crippen LogP contribution in [0.2, 0.25) is 0 Å². The molecular weight excluding hydrogens is 861 g/mol. The number of nitrogens with two attached hydrogens (primary N) is 10. The zero-order valence-electron chi connectivity index (χ0n) is 37.7. The Kier molecular flexibility index (Phi) is 62.8. The minimum absolute atomic E-state index is 0.0208. The van der Waals surface area contributed by atoms with E-state index in [-0.39, 0.29) is 30.8 Å². The maximum absolute atomic E-state index is 10.1. The highest BCUT2D eigenvalue weighted by molar-refractivity contribution is 7.98. The first-order chi connectivity index (χ1) is 28.7. The Morgan fingerprint density at radius 1 is 0.397 bits per heavy atom. The monoisotopic (exact) mass is 943 g/mol. The molecule has 0 saturated carbocycles. The summed E-state index contributed by atoms with van der Waals surface area (Å²) in [5, 5.41) is 64.8. The van der Waals surface area contributed by atoms with Gasteiger partial charge in [0.2, 0.25) is 0 Å². The van der Waals surface area contributed by atoms with Crippen LogP contribution < -0.4 is 57.3 Å². The molecule has 0 unspecified atom stereocenters. The molecule has 0 aromatic carbocycles. The van der Waals surface area contributed by atoms with Crippen molar-refractivity contribution in [3.8, 4) is 0 Å². The molecule has 0 heterocycles. The maximum Gasteiger partial charge on any atom is 0.320 e. The molecular formula is C36H82N10O16S. The van der Waals surface area contributed by atoms with Gasteiger partial charge in [0.15, 0.2) is 0 Å². The van der Waals surface area contributed by atoms with Crippen molar-refractivity contribution in [3.05, 3.63) is 0 Å². The van der Waals surface area contributed by atoms with Gasteiger partial charge in [-0.05, 0) is 75.0 Å². The molecule has 0 spiro atoms. The molecule has 63 heavy (non-hydrogen) atoms. The van der Waals surface area contributed by atoms with Crippen LogP contribution in [0.5, 0.6) is 0 Å². The highest BCUT2D eigenvalue weighted by Gasteiger charge is 2.16. The van der Waals surface area contributed by atoms with E-state index in [9.17, 15) is 38.4 Å². The number of hydrogen-bond acceptors (Lipinski definition) is 19. The summed E-state index contributed by atoms with van der Waals surface area (Å²) in [5.41, 5.74) is 50.7. The number of rotatable bonds is 22. The second-order valence-electron chi connectivity index (χ2n) is 13.7. The molecule has 0 saturated heterocycles. The van der Waals surface area contributed by atoms with E-state index in [0.29, 0.717) is 32.4 Å². The van der Waals surface area contributed by atoms with Gasteiger partial charge in [0, 0.05) is 0 Å². The number of carboxylic acid groups (broad SMARTS) is 8. The highest BCUT2D eigenvalue weighted by Crippen LogP contribution is 2.00. The summed E-state index contributed by atoms with van der Waals surface area (Å²) in [4.78, 5) is 78.9. The average Bonchev–Trinajstić information content (AvgIpc) is 3.20. The standard InChI is InChI=1S/2C6H14N2O2.C5H11NO2S.3C5H11NO2.2C2H5NO2/c2*7-4-2-1-3-5(8)6(9)10;1-9-3-2-4(6)5(7)8;3*1-3(2)4(6)5(7)8;2*3-1-2(4)5/h2*5H,1-4,7-8H2,(H,9,10);4H,2-3,6H2,1H3,(H,7,8);3*3-4H,6H2,1-2H3,(H,7,8);2*1,3H2,(H,4,5)/t2*5-;4*4-;;/m000000../s1. The first kappa shape index (κ1) is 76.0. The number of aliphatic carboxylic acids is 8. The van der Waals surface area contributed by atoms with E-state index in [0.717, 1.165) is 31.4 Å². The Hall–Kier alpha value is -4.29. The van der Waals surface area contributed by atoms with Crippen molar-refractivity contribution in [2.75, 3.05) is 38.2 Å². The minimum Gasteiger partial charge on any atom is -0.480 e. The summed E-state index contributed by atoms with van der Waals surface area (Å²) < 4.78 is 0. The van der Waals surface area contributed by atoms with Gasteiger partial charge >= 0.3 is 47.8 Å². The van der Waals surface area contributed by atoms with Gasteiger partial charge in [0.25, 0.3) is 0 Å². The summed E-state index contributed by atoms with van der Waals surface area (Å²) in [5.74, 6) is -6.63. The quantitative estimate of drug-likeness (QED) is 0.0496. The Labute approximate surface area is 374 Å². The summed E-state index contributed by atoms with van der Waals surface area (Å²) in [6.45, 7) is 11.3. The van der Waals surface area contributed by atoms with Gasteiger partial charge in [-0.15, -0.1) is 0 Å². The Bertz CT molecular complexity index is 1100. The van der Waals surface area contributed by atoms with Gasteiger partial charge in [0.1, 0.15) is 36.3 Å². The smallest absolute Gasteiger partial charge is 0.320 e. The molecule has 0 bridgehead atoms. The molecule has 0 aromatic heterocycles. The van der Waals surface area contributed by atoms with Crippen LogP contribution >= 0.6 is 11.8 Å². The molecule has 0 aliphatic carbocycles.